The SMILES string of the molecule is CCCCCCCCNCCCCCCCC.O=C(O)c1ccc(-n2nc(-c3ccccc3O)nc2-c2ccccc2O)cc1. The summed E-state index contributed by atoms with van der Waals surface area (Å²) in [5.74, 6) is -0.328. The van der Waals surface area contributed by atoms with Gasteiger partial charge in [0.1, 0.15) is 11.5 Å². The van der Waals surface area contributed by atoms with E-state index in [9.17, 15) is 15.0 Å². The molecule has 0 unspecified atom stereocenters. The number of nitrogens with one attached hydrogen (secondary N) is 1. The molecule has 4 N–H and O–H groups in total. The third kappa shape index (κ3) is 11.7. The first kappa shape index (κ1) is 35.3. The molecule has 0 fully saturated rings. The lowest BCUT2D eigenvalue weighted by molar-refractivity contribution is 0.0697. The zero-order chi connectivity index (χ0) is 32.3. The molecule has 0 bridgehead atoms. The summed E-state index contributed by atoms with van der Waals surface area (Å²) >= 11 is 0. The van der Waals surface area contributed by atoms with Gasteiger partial charge in [-0.2, -0.15) is 0 Å². The molecule has 0 aliphatic heterocycles. The van der Waals surface area contributed by atoms with Crippen molar-refractivity contribution in [2.45, 2.75) is 90.9 Å². The van der Waals surface area contributed by atoms with Gasteiger partial charge in [-0.05, 0) is 74.5 Å². The van der Waals surface area contributed by atoms with Gasteiger partial charge in [-0.15, -0.1) is 5.10 Å². The normalized spacial score (nSPS) is 10.8. The zero-order valence-corrected chi connectivity index (χ0v) is 26.9. The number of aromatic nitrogens is 3. The first-order valence-corrected chi connectivity index (χ1v) is 16.5. The van der Waals surface area contributed by atoms with Crippen LogP contribution in [0, 0.1) is 0 Å². The number of benzene rings is 3. The van der Waals surface area contributed by atoms with Crippen LogP contribution in [0.15, 0.2) is 72.8 Å². The summed E-state index contributed by atoms with van der Waals surface area (Å²) in [5, 5.41) is 37.6. The number of unbranched alkanes of at least 4 members (excludes halogenated alkanes) is 10. The number of para-hydroxylation sites is 2. The van der Waals surface area contributed by atoms with E-state index in [-0.39, 0.29) is 22.9 Å². The molecule has 8 nitrogen and oxygen atoms in total. The molecule has 1 aromatic heterocycles. The van der Waals surface area contributed by atoms with Crippen LogP contribution in [-0.2, 0) is 0 Å². The van der Waals surface area contributed by atoms with E-state index in [0.717, 1.165) is 0 Å². The molecule has 0 radical (unpaired) electrons. The van der Waals surface area contributed by atoms with Gasteiger partial charge in [-0.3, -0.25) is 0 Å². The molecule has 0 saturated carbocycles. The van der Waals surface area contributed by atoms with Crippen molar-refractivity contribution in [1.82, 2.24) is 20.1 Å². The smallest absolute Gasteiger partial charge is 0.335 e. The van der Waals surface area contributed by atoms with Crippen molar-refractivity contribution in [1.29, 1.82) is 0 Å². The quantitative estimate of drug-likeness (QED) is 0.0825. The zero-order valence-electron chi connectivity index (χ0n) is 26.9. The Morgan fingerprint density at radius 1 is 0.667 bits per heavy atom. The molecule has 0 amide bonds. The summed E-state index contributed by atoms with van der Waals surface area (Å²) in [5.41, 5.74) is 1.62. The Kier molecular flexibility index (Phi) is 15.7. The average molecular weight is 615 g/mol. The number of aromatic carboxylic acids is 1. The number of rotatable bonds is 18. The molecule has 0 saturated heterocycles. The number of hydrogen-bond acceptors (Lipinski definition) is 6. The van der Waals surface area contributed by atoms with Gasteiger partial charge in [-0.25, -0.2) is 14.5 Å². The van der Waals surface area contributed by atoms with E-state index in [4.69, 9.17) is 5.11 Å². The Morgan fingerprint density at radius 2 is 1.16 bits per heavy atom. The van der Waals surface area contributed by atoms with Gasteiger partial charge in [0.15, 0.2) is 11.6 Å². The van der Waals surface area contributed by atoms with Crippen LogP contribution in [0.2, 0.25) is 0 Å². The fraction of sp³-hybridized carbons (Fsp3) is 0.432. The lowest BCUT2D eigenvalue weighted by atomic mass is 10.1. The van der Waals surface area contributed by atoms with Gasteiger partial charge in [0.2, 0.25) is 0 Å². The summed E-state index contributed by atoms with van der Waals surface area (Å²) in [6.45, 7) is 7.03. The number of hydrogen-bond donors (Lipinski definition) is 4. The molecular formula is C37H50N4O4. The number of carboxylic acid groups (broad SMARTS) is 1. The Hall–Kier alpha value is -4.17. The molecule has 4 rings (SSSR count). The second-order valence-corrected chi connectivity index (χ2v) is 11.3. The fourth-order valence-electron chi connectivity index (χ4n) is 5.04. The van der Waals surface area contributed by atoms with E-state index in [1.807, 2.05) is 0 Å². The Bertz CT molecular complexity index is 1400. The van der Waals surface area contributed by atoms with E-state index in [0.29, 0.717) is 22.6 Å². The second-order valence-electron chi connectivity index (χ2n) is 11.3. The first-order chi connectivity index (χ1) is 22.0. The standard InChI is InChI=1S/C21H15N3O4.C16H35N/c25-17-7-3-1-5-15(17)19-22-20(16-6-2-4-8-18(16)26)24(23-19)14-11-9-13(10-12-14)21(27)28;1-3-5-7-9-11-13-15-17-16-14-12-10-8-6-4-2/h1-12,25-26H,(H,27,28);17H,3-16H2,1-2H3. The van der Waals surface area contributed by atoms with Gasteiger partial charge in [0, 0.05) is 0 Å². The van der Waals surface area contributed by atoms with Crippen LogP contribution >= 0.6 is 0 Å². The summed E-state index contributed by atoms with van der Waals surface area (Å²) in [7, 11) is 0. The Balaban J connectivity index is 0.000000281. The number of carbonyl (C=O) groups is 1. The maximum Gasteiger partial charge on any atom is 0.335 e. The van der Waals surface area contributed by atoms with Gasteiger partial charge in [0.25, 0.3) is 0 Å². The van der Waals surface area contributed by atoms with Crippen molar-refractivity contribution >= 4 is 5.97 Å². The van der Waals surface area contributed by atoms with Crippen LogP contribution in [0.1, 0.15) is 101 Å². The molecule has 0 aliphatic carbocycles. The molecule has 8 heteroatoms. The van der Waals surface area contributed by atoms with Crippen LogP contribution in [0.25, 0.3) is 28.5 Å². The topological polar surface area (TPSA) is 121 Å². The minimum absolute atomic E-state index is 0.0298. The Morgan fingerprint density at radius 3 is 1.67 bits per heavy atom. The number of nitrogens with zero attached hydrogens (tertiary/aromatic N) is 3. The minimum atomic E-state index is -1.03. The van der Waals surface area contributed by atoms with Crippen molar-refractivity contribution in [3.8, 4) is 40.0 Å². The largest absolute Gasteiger partial charge is 0.507 e. The van der Waals surface area contributed by atoms with Crippen LogP contribution in [0.3, 0.4) is 0 Å². The Labute approximate surface area is 268 Å². The fourth-order valence-corrected chi connectivity index (χ4v) is 5.04. The van der Waals surface area contributed by atoms with Crippen LogP contribution < -0.4 is 5.32 Å². The number of carboxylic acids is 1. The third-order valence-electron chi connectivity index (χ3n) is 7.67. The van der Waals surface area contributed by atoms with E-state index >= 15 is 0 Å². The highest BCUT2D eigenvalue weighted by Crippen LogP contribution is 2.33. The third-order valence-corrected chi connectivity index (χ3v) is 7.67. The first-order valence-electron chi connectivity index (χ1n) is 16.5. The van der Waals surface area contributed by atoms with Crippen molar-refractivity contribution in [2.24, 2.45) is 0 Å². The average Bonchev–Trinajstić information content (AvgIpc) is 3.49. The monoisotopic (exact) mass is 614 g/mol. The van der Waals surface area contributed by atoms with Gasteiger partial charge < -0.3 is 20.6 Å². The minimum Gasteiger partial charge on any atom is -0.507 e. The lowest BCUT2D eigenvalue weighted by Gasteiger charge is -2.07. The highest BCUT2D eigenvalue weighted by molar-refractivity contribution is 5.87. The van der Waals surface area contributed by atoms with E-state index < -0.39 is 5.97 Å². The molecule has 0 atom stereocenters. The van der Waals surface area contributed by atoms with E-state index in [1.165, 1.54) is 113 Å². The van der Waals surface area contributed by atoms with Crippen LogP contribution in [0.5, 0.6) is 11.5 Å². The molecule has 45 heavy (non-hydrogen) atoms. The molecule has 1 heterocycles. The predicted octanol–water partition coefficient (Wildman–Crippen LogP) is 9.01. The number of aromatic hydroxyl groups is 2. The molecule has 0 spiro atoms. The summed E-state index contributed by atoms with van der Waals surface area (Å²) < 4.78 is 1.50. The highest BCUT2D eigenvalue weighted by Gasteiger charge is 2.19. The summed E-state index contributed by atoms with van der Waals surface area (Å²) in [4.78, 5) is 15.6. The summed E-state index contributed by atoms with van der Waals surface area (Å²) in [6.07, 6.45) is 16.9. The van der Waals surface area contributed by atoms with Crippen molar-refractivity contribution < 1.29 is 20.1 Å². The van der Waals surface area contributed by atoms with E-state index in [2.05, 4.69) is 29.2 Å². The molecule has 0 aliphatic rings. The second kappa shape index (κ2) is 20.0. The maximum absolute atomic E-state index is 11.1. The number of phenolic OH excluding ortho intramolecular Hbond substituents is 2. The van der Waals surface area contributed by atoms with Gasteiger partial charge in [-0.1, -0.05) is 102 Å². The molecular weight excluding hydrogens is 564 g/mol. The van der Waals surface area contributed by atoms with Crippen molar-refractivity contribution in [3.63, 3.8) is 0 Å². The van der Waals surface area contributed by atoms with Crippen molar-refractivity contribution in [2.75, 3.05) is 13.1 Å². The molecule has 3 aromatic carbocycles. The molecule has 4 aromatic rings. The maximum atomic E-state index is 11.1. The summed E-state index contributed by atoms with van der Waals surface area (Å²) in [6, 6.07) is 19.5. The highest BCUT2D eigenvalue weighted by atomic mass is 16.4. The van der Waals surface area contributed by atoms with Crippen molar-refractivity contribution in [3.05, 3.63) is 78.4 Å². The van der Waals surface area contributed by atoms with Crippen LogP contribution in [0.4, 0.5) is 0 Å². The van der Waals surface area contributed by atoms with Crippen LogP contribution in [-0.4, -0.2) is 49.1 Å². The van der Waals surface area contributed by atoms with E-state index in [1.54, 1.807) is 54.6 Å². The predicted molar refractivity (Wildman–Crippen MR) is 182 cm³/mol. The number of phenols is 2. The van der Waals surface area contributed by atoms with Gasteiger partial charge in [0.05, 0.1) is 22.4 Å². The molecule has 242 valence electrons. The van der Waals surface area contributed by atoms with Gasteiger partial charge >= 0.3 is 5.97 Å². The lowest BCUT2D eigenvalue weighted by Crippen LogP contribution is -2.16.